The molecule has 0 spiro atoms. The summed E-state index contributed by atoms with van der Waals surface area (Å²) in [6, 6.07) is 17.1. The van der Waals surface area contributed by atoms with Gasteiger partial charge in [-0.15, -0.1) is 0 Å². The topological polar surface area (TPSA) is 105 Å². The van der Waals surface area contributed by atoms with Crippen molar-refractivity contribution >= 4 is 50.9 Å². The number of hydrogen-bond donors (Lipinski definition) is 1. The van der Waals surface area contributed by atoms with Crippen LogP contribution >= 0.6 is 23.2 Å². The SMILES string of the molecule is COc1cccc(O[C@H]2C[C@H](c3cc4c(C)nc5c(F)c(-c6cccc(Cl)c6Cl)c(CCC#N)cc5c4n3[C@H]3C4CNC3C4)N(C(=O)C3CC3)C2)n1. The van der Waals surface area contributed by atoms with Crippen molar-refractivity contribution in [3.05, 3.63) is 81.3 Å². The maximum absolute atomic E-state index is 17.2. The van der Waals surface area contributed by atoms with E-state index in [1.165, 1.54) is 0 Å². The summed E-state index contributed by atoms with van der Waals surface area (Å²) in [6.45, 7) is 3.25. The number of carbonyl (C=O) groups excluding carboxylic acids is 1. The number of likely N-dealkylation sites (tertiary alicyclic amines) is 1. The van der Waals surface area contributed by atoms with Crippen LogP contribution in [-0.4, -0.2) is 57.7 Å². The second-order valence-electron chi connectivity index (χ2n) is 14.6. The van der Waals surface area contributed by atoms with Crippen molar-refractivity contribution in [3.63, 3.8) is 0 Å². The minimum absolute atomic E-state index is 0.0216. The van der Waals surface area contributed by atoms with E-state index in [2.05, 4.69) is 27.0 Å². The third-order valence-electron chi connectivity index (χ3n) is 11.4. The average molecular weight is 740 g/mol. The van der Waals surface area contributed by atoms with Gasteiger partial charge < -0.3 is 24.3 Å². The van der Waals surface area contributed by atoms with E-state index < -0.39 is 5.82 Å². The molecular weight excluding hydrogens is 702 g/mol. The van der Waals surface area contributed by atoms with Gasteiger partial charge in [0.2, 0.25) is 17.7 Å². The van der Waals surface area contributed by atoms with Gasteiger partial charge in [-0.1, -0.05) is 41.4 Å². The molecule has 12 heteroatoms. The first-order valence-corrected chi connectivity index (χ1v) is 18.7. The van der Waals surface area contributed by atoms with Crippen molar-refractivity contribution in [1.82, 2.24) is 24.8 Å². The van der Waals surface area contributed by atoms with Crippen molar-refractivity contribution in [2.45, 2.75) is 69.7 Å². The lowest BCUT2D eigenvalue weighted by Gasteiger charge is -2.39. The highest BCUT2D eigenvalue weighted by Crippen LogP contribution is 2.51. The second kappa shape index (κ2) is 12.9. The number of methoxy groups -OCH3 is 1. The van der Waals surface area contributed by atoms with Gasteiger partial charge in [0.05, 0.1) is 47.4 Å². The molecule has 2 aliphatic carbocycles. The van der Waals surface area contributed by atoms with Crippen LogP contribution in [0.25, 0.3) is 32.9 Å². The lowest BCUT2D eigenvalue weighted by atomic mass is 9.79. The molecule has 1 N–H and O–H groups in total. The van der Waals surface area contributed by atoms with Gasteiger partial charge in [0.15, 0.2) is 5.82 Å². The van der Waals surface area contributed by atoms with Crippen molar-refractivity contribution in [2.24, 2.45) is 11.8 Å². The molecule has 0 radical (unpaired) electrons. The minimum Gasteiger partial charge on any atom is -0.481 e. The maximum atomic E-state index is 17.2. The summed E-state index contributed by atoms with van der Waals surface area (Å²) in [5, 5.41) is 15.5. The Kier molecular flexibility index (Phi) is 8.29. The normalized spacial score (nSPS) is 23.6. The minimum atomic E-state index is -0.491. The molecule has 5 aliphatic rings. The number of ether oxygens (including phenoxy) is 2. The molecule has 5 fully saturated rings. The van der Waals surface area contributed by atoms with Gasteiger partial charge in [-0.3, -0.25) is 4.79 Å². The summed E-state index contributed by atoms with van der Waals surface area (Å²) in [7, 11) is 1.57. The third-order valence-corrected chi connectivity index (χ3v) is 12.3. The first-order chi connectivity index (χ1) is 25.2. The summed E-state index contributed by atoms with van der Waals surface area (Å²) in [6.07, 6.45) is 3.66. The zero-order valence-electron chi connectivity index (χ0n) is 28.8. The maximum Gasteiger partial charge on any atom is 0.226 e. The van der Waals surface area contributed by atoms with E-state index >= 15 is 4.39 Å². The molecule has 5 atom stereocenters. The quantitative estimate of drug-likeness (QED) is 0.163. The molecule has 3 aliphatic heterocycles. The molecule has 9 nitrogen and oxygen atoms in total. The number of fused-ring (bicyclic) bond motifs is 4. The van der Waals surface area contributed by atoms with Gasteiger partial charge in [-0.05, 0) is 62.3 Å². The molecule has 52 heavy (non-hydrogen) atoms. The van der Waals surface area contributed by atoms with E-state index in [1.54, 1.807) is 31.4 Å². The predicted octanol–water partition coefficient (Wildman–Crippen LogP) is 8.13. The lowest BCUT2D eigenvalue weighted by Crippen LogP contribution is -2.41. The highest BCUT2D eigenvalue weighted by Gasteiger charge is 2.51. The van der Waals surface area contributed by atoms with Crippen LogP contribution in [-0.2, 0) is 11.2 Å². The highest BCUT2D eigenvalue weighted by molar-refractivity contribution is 6.43. The summed E-state index contributed by atoms with van der Waals surface area (Å²) in [5.74, 6) is 0.990. The highest BCUT2D eigenvalue weighted by atomic mass is 35.5. The second-order valence-corrected chi connectivity index (χ2v) is 15.3. The number of nitrogens with zero attached hydrogens (tertiary/aromatic N) is 5. The van der Waals surface area contributed by atoms with Gasteiger partial charge in [0.1, 0.15) is 11.6 Å². The van der Waals surface area contributed by atoms with Crippen LogP contribution in [0.15, 0.2) is 48.5 Å². The Balaban J connectivity index is 1.25. The average Bonchev–Trinajstić information content (AvgIpc) is 3.43. The van der Waals surface area contributed by atoms with E-state index in [0.717, 1.165) is 42.4 Å². The van der Waals surface area contributed by atoms with Crippen LogP contribution in [0.2, 0.25) is 10.0 Å². The number of hydrogen-bond acceptors (Lipinski definition) is 7. The summed E-state index contributed by atoms with van der Waals surface area (Å²) in [5.41, 5.74) is 4.29. The van der Waals surface area contributed by atoms with E-state index in [9.17, 15) is 10.1 Å². The number of carbonyl (C=O) groups is 1. The molecule has 2 saturated carbocycles. The molecule has 3 aromatic heterocycles. The van der Waals surface area contributed by atoms with Crippen LogP contribution in [0.3, 0.4) is 0 Å². The number of halogens is 3. The largest absolute Gasteiger partial charge is 0.481 e. The lowest BCUT2D eigenvalue weighted by molar-refractivity contribution is -0.133. The molecule has 2 aromatic carbocycles. The fourth-order valence-corrected chi connectivity index (χ4v) is 9.21. The number of rotatable bonds is 9. The summed E-state index contributed by atoms with van der Waals surface area (Å²) < 4.78 is 31.4. The first-order valence-electron chi connectivity index (χ1n) is 17.9. The number of pyridine rings is 2. The molecular formula is C40H37Cl2FN6O3. The zero-order chi connectivity index (χ0) is 35.8. The fraction of sp³-hybridized carbons (Fsp3) is 0.400. The standard InChI is InChI=1S/C40H37Cl2FN6O3/c1-20-26-17-31(30-16-24(19-48(30)40(50)21-11-12-21)52-33-10-4-9-32(47-33)51-2)49(38-23-15-29(38)45-18-23)39(26)27-14-22(6-5-13-44)34(36(43)37(27)46-20)25-7-3-8-28(41)35(25)42/h3-4,7-10,14,17,21,23-24,29-30,38,45H,5-6,11-12,15-16,18-19H2,1-2H3/t23?,24-,29?,30+,38-/m0/s1. The van der Waals surface area contributed by atoms with E-state index in [-0.39, 0.29) is 53.0 Å². The Bertz CT molecular complexity index is 2310. The number of amides is 1. The van der Waals surface area contributed by atoms with E-state index in [1.807, 2.05) is 30.0 Å². The number of benzene rings is 2. The first kappa shape index (κ1) is 33.4. The Labute approximate surface area is 310 Å². The number of aromatic nitrogens is 3. The predicted molar refractivity (Wildman–Crippen MR) is 197 cm³/mol. The van der Waals surface area contributed by atoms with Crippen LogP contribution < -0.4 is 14.8 Å². The molecule has 266 valence electrons. The third kappa shape index (κ3) is 5.39. The smallest absolute Gasteiger partial charge is 0.226 e. The number of aryl methyl sites for hydroxylation is 2. The van der Waals surface area contributed by atoms with Gasteiger partial charge in [0, 0.05) is 76.8 Å². The Morgan fingerprint density at radius 1 is 1.10 bits per heavy atom. The number of nitrogens with one attached hydrogen (secondary N) is 1. The number of nitriles is 1. The molecule has 2 unspecified atom stereocenters. The van der Waals surface area contributed by atoms with E-state index in [0.29, 0.717) is 69.9 Å². The molecule has 1 amide bonds. The van der Waals surface area contributed by atoms with Crippen LogP contribution in [0.1, 0.15) is 61.1 Å². The molecule has 6 heterocycles. The van der Waals surface area contributed by atoms with Crippen LogP contribution in [0.5, 0.6) is 11.8 Å². The summed E-state index contributed by atoms with van der Waals surface area (Å²) in [4.78, 5) is 25.4. The van der Waals surface area contributed by atoms with Crippen molar-refractivity contribution in [1.29, 1.82) is 5.26 Å². The van der Waals surface area contributed by atoms with Crippen molar-refractivity contribution < 1.29 is 18.7 Å². The van der Waals surface area contributed by atoms with Crippen molar-refractivity contribution in [3.8, 4) is 29.0 Å². The van der Waals surface area contributed by atoms with Gasteiger partial charge >= 0.3 is 0 Å². The van der Waals surface area contributed by atoms with Crippen molar-refractivity contribution in [2.75, 3.05) is 20.2 Å². The van der Waals surface area contributed by atoms with Gasteiger partial charge in [-0.25, -0.2) is 9.37 Å². The fourth-order valence-electron chi connectivity index (χ4n) is 8.82. The molecule has 5 aromatic rings. The van der Waals surface area contributed by atoms with E-state index in [4.69, 9.17) is 37.7 Å². The Morgan fingerprint density at radius 3 is 2.63 bits per heavy atom. The van der Waals surface area contributed by atoms with Gasteiger partial charge in [-0.2, -0.15) is 10.2 Å². The van der Waals surface area contributed by atoms with Gasteiger partial charge in [0.25, 0.3) is 0 Å². The molecule has 10 rings (SSSR count). The Morgan fingerprint density at radius 2 is 1.90 bits per heavy atom. The van der Waals surface area contributed by atoms with Crippen LogP contribution in [0.4, 0.5) is 4.39 Å². The monoisotopic (exact) mass is 738 g/mol. The zero-order valence-corrected chi connectivity index (χ0v) is 30.3. The summed E-state index contributed by atoms with van der Waals surface area (Å²) >= 11 is 13.1. The molecule has 3 saturated heterocycles. The van der Waals surface area contributed by atoms with Crippen LogP contribution in [0, 0.1) is 35.9 Å². The molecule has 2 bridgehead atoms. The Hall–Kier alpha value is -4.43.